The van der Waals surface area contributed by atoms with Crippen molar-refractivity contribution in [3.63, 3.8) is 0 Å². The second kappa shape index (κ2) is 24.9. The van der Waals surface area contributed by atoms with E-state index in [1.807, 2.05) is 0 Å². The Hall–Kier alpha value is -1.38. The van der Waals surface area contributed by atoms with Crippen LogP contribution in [0.25, 0.3) is 0 Å². The van der Waals surface area contributed by atoms with Crippen LogP contribution in [-0.4, -0.2) is 74.4 Å². The molecule has 3 N–H and O–H groups in total. The van der Waals surface area contributed by atoms with E-state index >= 15 is 0 Å². The molecule has 0 fully saturated rings. The summed E-state index contributed by atoms with van der Waals surface area (Å²) < 4.78 is 4.85. The SMILES string of the molecule is CCCCCCCC/C=C\CCCCCCCCCCCC(=O)OC(CC(=O)O)(CC(=O)O)C(=O)O.[NaH]. The van der Waals surface area contributed by atoms with Crippen LogP contribution >= 0.6 is 0 Å². The van der Waals surface area contributed by atoms with Crippen molar-refractivity contribution >= 4 is 53.4 Å². The molecule has 0 unspecified atom stereocenters. The van der Waals surface area contributed by atoms with E-state index < -0.39 is 42.3 Å². The monoisotopic (exact) mass is 536 g/mol. The Morgan fingerprint density at radius 2 is 1.00 bits per heavy atom. The molecule has 0 rings (SSSR count). The topological polar surface area (TPSA) is 138 Å². The van der Waals surface area contributed by atoms with Crippen LogP contribution in [0.15, 0.2) is 12.2 Å². The van der Waals surface area contributed by atoms with Gasteiger partial charge < -0.3 is 20.1 Å². The van der Waals surface area contributed by atoms with E-state index in [-0.39, 0.29) is 36.0 Å². The Labute approximate surface area is 244 Å². The van der Waals surface area contributed by atoms with Crippen molar-refractivity contribution in [2.75, 3.05) is 0 Å². The number of carboxylic acids is 3. The van der Waals surface area contributed by atoms with Crippen molar-refractivity contribution in [2.45, 2.75) is 141 Å². The third kappa shape index (κ3) is 22.3. The summed E-state index contributed by atoms with van der Waals surface area (Å²) in [5.74, 6) is -5.76. The molecule has 0 bridgehead atoms. The first kappa shape index (κ1) is 37.8. The Kier molecular flexibility index (Phi) is 25.4. The quantitative estimate of drug-likeness (QED) is 0.0538. The van der Waals surface area contributed by atoms with E-state index in [4.69, 9.17) is 14.9 Å². The van der Waals surface area contributed by atoms with E-state index in [2.05, 4.69) is 19.1 Å². The molecular weight excluding hydrogens is 487 g/mol. The van der Waals surface area contributed by atoms with Crippen LogP contribution in [0.4, 0.5) is 0 Å². The van der Waals surface area contributed by atoms with Gasteiger partial charge in [-0.2, -0.15) is 0 Å². The molecule has 8 nitrogen and oxygen atoms in total. The zero-order valence-electron chi connectivity index (χ0n) is 22.2. The predicted octanol–water partition coefficient (Wildman–Crippen LogP) is 6.25. The maximum atomic E-state index is 12.0. The number of rotatable bonds is 25. The van der Waals surface area contributed by atoms with Crippen molar-refractivity contribution in [1.29, 1.82) is 0 Å². The normalized spacial score (nSPS) is 11.3. The van der Waals surface area contributed by atoms with Crippen molar-refractivity contribution in [1.82, 2.24) is 0 Å². The number of carboxylic acid groups (broad SMARTS) is 3. The molecule has 0 aliphatic carbocycles. The van der Waals surface area contributed by atoms with Gasteiger partial charge in [0.1, 0.15) is 0 Å². The van der Waals surface area contributed by atoms with Gasteiger partial charge in [0.15, 0.2) is 0 Å². The zero-order valence-corrected chi connectivity index (χ0v) is 22.2. The summed E-state index contributed by atoms with van der Waals surface area (Å²) >= 11 is 0. The second-order valence-corrected chi connectivity index (χ2v) is 9.66. The number of esters is 1. The molecule has 0 atom stereocenters. The molecule has 0 spiro atoms. The number of allylic oxidation sites excluding steroid dienone is 2. The van der Waals surface area contributed by atoms with Crippen LogP contribution in [0.5, 0.6) is 0 Å². The molecule has 0 saturated heterocycles. The molecule has 0 aromatic rings. The second-order valence-electron chi connectivity index (χ2n) is 9.66. The summed E-state index contributed by atoms with van der Waals surface area (Å²) in [4.78, 5) is 45.5. The molecule has 0 aliphatic rings. The molecule has 0 saturated carbocycles. The van der Waals surface area contributed by atoms with Crippen LogP contribution in [-0.2, 0) is 23.9 Å². The van der Waals surface area contributed by atoms with Crippen LogP contribution < -0.4 is 0 Å². The molecule has 0 heterocycles. The Morgan fingerprint density at radius 3 is 1.38 bits per heavy atom. The van der Waals surface area contributed by atoms with Gasteiger partial charge in [0.2, 0.25) is 5.60 Å². The van der Waals surface area contributed by atoms with Crippen LogP contribution in [0, 0.1) is 0 Å². The van der Waals surface area contributed by atoms with E-state index in [0.29, 0.717) is 6.42 Å². The maximum absolute atomic E-state index is 12.0. The van der Waals surface area contributed by atoms with Gasteiger partial charge in [-0.25, -0.2) is 4.79 Å². The van der Waals surface area contributed by atoms with Gasteiger partial charge in [0.05, 0.1) is 12.8 Å². The summed E-state index contributed by atoms with van der Waals surface area (Å²) in [7, 11) is 0. The molecule has 0 aromatic heterocycles. The van der Waals surface area contributed by atoms with E-state index in [9.17, 15) is 24.3 Å². The summed E-state index contributed by atoms with van der Waals surface area (Å²) in [5.41, 5.74) is -2.58. The number of carbonyl (C=O) groups excluding carboxylic acids is 1. The van der Waals surface area contributed by atoms with Crippen molar-refractivity contribution in [3.05, 3.63) is 12.2 Å². The molecule has 210 valence electrons. The zero-order chi connectivity index (χ0) is 27.1. The van der Waals surface area contributed by atoms with Gasteiger partial charge in [0, 0.05) is 6.42 Å². The molecular formula is C28H49NaO8. The van der Waals surface area contributed by atoms with Gasteiger partial charge in [-0.05, 0) is 32.1 Å². The van der Waals surface area contributed by atoms with Crippen LogP contribution in [0.1, 0.15) is 135 Å². The number of aliphatic carboxylic acids is 3. The number of hydrogen-bond donors (Lipinski definition) is 3. The average molecular weight is 537 g/mol. The van der Waals surface area contributed by atoms with Gasteiger partial charge in [-0.15, -0.1) is 0 Å². The van der Waals surface area contributed by atoms with Gasteiger partial charge in [-0.1, -0.05) is 96.1 Å². The van der Waals surface area contributed by atoms with Crippen molar-refractivity contribution in [2.24, 2.45) is 0 Å². The molecule has 0 aliphatic heterocycles. The van der Waals surface area contributed by atoms with Gasteiger partial charge in [0.25, 0.3) is 0 Å². The summed E-state index contributed by atoms with van der Waals surface area (Å²) in [5, 5.41) is 27.1. The Bertz CT molecular complexity index is 647. The number of unbranched alkanes of at least 4 members (excludes halogenated alkanes) is 15. The Morgan fingerprint density at radius 1 is 0.622 bits per heavy atom. The van der Waals surface area contributed by atoms with Crippen LogP contribution in [0.2, 0.25) is 0 Å². The molecule has 37 heavy (non-hydrogen) atoms. The molecule has 0 radical (unpaired) electrons. The van der Waals surface area contributed by atoms with Crippen LogP contribution in [0.3, 0.4) is 0 Å². The molecule has 0 aromatic carbocycles. The fourth-order valence-corrected chi connectivity index (χ4v) is 4.13. The third-order valence-corrected chi connectivity index (χ3v) is 6.22. The fraction of sp³-hybridized carbons (Fsp3) is 0.786. The van der Waals surface area contributed by atoms with E-state index in [1.165, 1.54) is 70.6 Å². The molecule has 0 amide bonds. The predicted molar refractivity (Wildman–Crippen MR) is 146 cm³/mol. The first-order chi connectivity index (χ1) is 17.2. The summed E-state index contributed by atoms with van der Waals surface area (Å²) in [6.45, 7) is 2.24. The standard InChI is InChI=1S/C28H48O8.Na.H/c1-2-3-4-5-6-7-8-9-10-11-12-13-14-15-16-17-18-19-20-21-26(33)36-28(27(34)35,22-24(29)30)23-25(31)32;;/h9-10H,2-8,11-23H2,1H3,(H,29,30)(H,31,32)(H,34,35);;/b10-9-;;. The minimum atomic E-state index is -2.58. The fourth-order valence-electron chi connectivity index (χ4n) is 4.13. The number of hydrogen-bond acceptors (Lipinski definition) is 5. The minimum absolute atomic E-state index is 0. The average Bonchev–Trinajstić information content (AvgIpc) is 2.79. The van der Waals surface area contributed by atoms with Gasteiger partial charge in [-0.3, -0.25) is 14.4 Å². The van der Waals surface area contributed by atoms with E-state index in [1.54, 1.807) is 0 Å². The third-order valence-electron chi connectivity index (χ3n) is 6.22. The van der Waals surface area contributed by atoms with E-state index in [0.717, 1.165) is 32.1 Å². The Balaban J connectivity index is 0. The molecule has 9 heteroatoms. The van der Waals surface area contributed by atoms with Crippen molar-refractivity contribution in [3.8, 4) is 0 Å². The first-order valence-electron chi connectivity index (χ1n) is 13.8. The number of ether oxygens (including phenoxy) is 1. The number of carbonyl (C=O) groups is 4. The first-order valence-corrected chi connectivity index (χ1v) is 13.8. The summed E-state index contributed by atoms with van der Waals surface area (Å²) in [6.07, 6.45) is 22.1. The van der Waals surface area contributed by atoms with Crippen molar-refractivity contribution < 1.29 is 39.2 Å². The van der Waals surface area contributed by atoms with Gasteiger partial charge >= 0.3 is 53.4 Å². The summed E-state index contributed by atoms with van der Waals surface area (Å²) in [6, 6.07) is 0.